The zero-order valence-electron chi connectivity index (χ0n) is 14.7. The quantitative estimate of drug-likeness (QED) is 0.530. The number of halogens is 1. The van der Waals surface area contributed by atoms with Gasteiger partial charge in [-0.2, -0.15) is 5.10 Å². The molecule has 138 valence electrons. The van der Waals surface area contributed by atoms with E-state index in [9.17, 15) is 4.79 Å². The van der Waals surface area contributed by atoms with E-state index in [4.69, 9.17) is 5.73 Å². The van der Waals surface area contributed by atoms with Crippen molar-refractivity contribution in [2.24, 2.45) is 5.73 Å². The third kappa shape index (κ3) is 4.91. The Kier molecular flexibility index (Phi) is 7.78. The molecule has 0 radical (unpaired) electrons. The fourth-order valence-corrected chi connectivity index (χ4v) is 2.97. The number of aromatic amines is 1. The second-order valence-electron chi connectivity index (χ2n) is 6.17. The highest BCUT2D eigenvalue weighted by Gasteiger charge is 2.08. The molecule has 5 nitrogen and oxygen atoms in total. The van der Waals surface area contributed by atoms with Crippen molar-refractivity contribution in [2.75, 3.05) is 13.1 Å². The van der Waals surface area contributed by atoms with Crippen LogP contribution in [0.5, 0.6) is 0 Å². The standard InChI is InChI=1S/C20H24N4O.ClH/c21-11-4-1-5-12-22-14-15-7-6-8-16(13-15)19-17-9-2-3-10-18(17)20(25)24-23-19;/h2-3,6-10,13,22H,1,4-5,11-12,14,21H2,(H,24,25);1H. The van der Waals surface area contributed by atoms with E-state index in [0.717, 1.165) is 55.5 Å². The summed E-state index contributed by atoms with van der Waals surface area (Å²) >= 11 is 0. The first-order valence-electron chi connectivity index (χ1n) is 8.77. The molecule has 0 aliphatic carbocycles. The zero-order valence-corrected chi connectivity index (χ0v) is 15.5. The molecule has 26 heavy (non-hydrogen) atoms. The average molecular weight is 373 g/mol. The van der Waals surface area contributed by atoms with Crippen molar-refractivity contribution in [1.29, 1.82) is 0 Å². The van der Waals surface area contributed by atoms with Gasteiger partial charge in [-0.15, -0.1) is 12.4 Å². The predicted octanol–water partition coefficient (Wildman–Crippen LogP) is 3.23. The van der Waals surface area contributed by atoms with Gasteiger partial charge < -0.3 is 11.1 Å². The minimum Gasteiger partial charge on any atom is -0.330 e. The van der Waals surface area contributed by atoms with Crippen LogP contribution in [0.25, 0.3) is 22.0 Å². The Labute approximate surface area is 159 Å². The predicted molar refractivity (Wildman–Crippen MR) is 110 cm³/mol. The molecule has 0 atom stereocenters. The highest BCUT2D eigenvalue weighted by Crippen LogP contribution is 2.24. The van der Waals surface area contributed by atoms with Gasteiger partial charge in [-0.3, -0.25) is 4.79 Å². The van der Waals surface area contributed by atoms with Crippen LogP contribution in [0.2, 0.25) is 0 Å². The summed E-state index contributed by atoms with van der Waals surface area (Å²) in [6, 6.07) is 15.8. The minimum absolute atomic E-state index is 0. The average Bonchev–Trinajstić information content (AvgIpc) is 2.65. The molecule has 0 saturated heterocycles. The highest BCUT2D eigenvalue weighted by atomic mass is 35.5. The lowest BCUT2D eigenvalue weighted by Crippen LogP contribution is -2.15. The van der Waals surface area contributed by atoms with E-state index in [2.05, 4.69) is 27.6 Å². The van der Waals surface area contributed by atoms with Gasteiger partial charge in [-0.1, -0.05) is 42.8 Å². The first-order chi connectivity index (χ1) is 12.3. The SMILES string of the molecule is Cl.NCCCCCNCc1cccc(-c2n[nH]c(=O)c3ccccc23)c1. The number of hydrogen-bond acceptors (Lipinski definition) is 4. The van der Waals surface area contributed by atoms with E-state index < -0.39 is 0 Å². The summed E-state index contributed by atoms with van der Waals surface area (Å²) in [7, 11) is 0. The van der Waals surface area contributed by atoms with Crippen molar-refractivity contribution in [1.82, 2.24) is 15.5 Å². The molecule has 0 saturated carbocycles. The number of nitrogens with zero attached hydrogens (tertiary/aromatic N) is 1. The first kappa shape index (κ1) is 20.1. The van der Waals surface area contributed by atoms with Crippen molar-refractivity contribution in [3.8, 4) is 11.3 Å². The maximum absolute atomic E-state index is 11.9. The second kappa shape index (κ2) is 10.1. The number of H-pyrrole nitrogens is 1. The molecule has 3 aromatic rings. The van der Waals surface area contributed by atoms with Gasteiger partial charge in [0.05, 0.1) is 11.1 Å². The van der Waals surface area contributed by atoms with E-state index in [1.807, 2.05) is 36.4 Å². The normalized spacial score (nSPS) is 10.7. The smallest absolute Gasteiger partial charge is 0.272 e. The number of nitrogens with two attached hydrogens (primary N) is 1. The summed E-state index contributed by atoms with van der Waals surface area (Å²) in [6.07, 6.45) is 3.39. The number of fused-ring (bicyclic) bond motifs is 1. The molecule has 0 bridgehead atoms. The van der Waals surface area contributed by atoms with Crippen molar-refractivity contribution in [3.63, 3.8) is 0 Å². The highest BCUT2D eigenvalue weighted by molar-refractivity contribution is 5.93. The molecule has 0 fully saturated rings. The molecule has 3 rings (SSSR count). The summed E-state index contributed by atoms with van der Waals surface area (Å²) in [5.41, 5.74) is 8.37. The lowest BCUT2D eigenvalue weighted by atomic mass is 10.0. The van der Waals surface area contributed by atoms with Crippen LogP contribution >= 0.6 is 12.4 Å². The Morgan fingerprint density at radius 1 is 1.00 bits per heavy atom. The molecule has 0 unspecified atom stereocenters. The molecular formula is C20H25ClN4O. The molecule has 0 spiro atoms. The maximum Gasteiger partial charge on any atom is 0.272 e. The van der Waals surface area contributed by atoms with Crippen LogP contribution in [0.1, 0.15) is 24.8 Å². The van der Waals surface area contributed by atoms with Crippen LogP contribution in [0, 0.1) is 0 Å². The molecular weight excluding hydrogens is 348 g/mol. The lowest BCUT2D eigenvalue weighted by Gasteiger charge is -2.08. The van der Waals surface area contributed by atoms with Crippen molar-refractivity contribution in [2.45, 2.75) is 25.8 Å². The summed E-state index contributed by atoms with van der Waals surface area (Å²) in [6.45, 7) is 2.57. The van der Waals surface area contributed by atoms with Gasteiger partial charge in [0.2, 0.25) is 0 Å². The summed E-state index contributed by atoms with van der Waals surface area (Å²) < 4.78 is 0. The van der Waals surface area contributed by atoms with E-state index in [1.54, 1.807) is 0 Å². The topological polar surface area (TPSA) is 83.8 Å². The van der Waals surface area contributed by atoms with Crippen LogP contribution < -0.4 is 16.6 Å². The molecule has 0 aliphatic rings. The van der Waals surface area contributed by atoms with E-state index in [-0.39, 0.29) is 18.0 Å². The molecule has 1 aromatic heterocycles. The number of rotatable bonds is 8. The number of unbranched alkanes of at least 4 members (excludes halogenated alkanes) is 2. The molecule has 1 heterocycles. The fraction of sp³-hybridized carbons (Fsp3) is 0.300. The van der Waals surface area contributed by atoms with E-state index in [1.165, 1.54) is 5.56 Å². The molecule has 6 heteroatoms. The van der Waals surface area contributed by atoms with Crippen molar-refractivity contribution >= 4 is 23.2 Å². The van der Waals surface area contributed by atoms with Gasteiger partial charge in [0.1, 0.15) is 0 Å². The number of hydrogen-bond donors (Lipinski definition) is 3. The molecule has 0 aliphatic heterocycles. The van der Waals surface area contributed by atoms with Gasteiger partial charge in [-0.05, 0) is 43.6 Å². The van der Waals surface area contributed by atoms with Crippen LogP contribution in [0.3, 0.4) is 0 Å². The van der Waals surface area contributed by atoms with E-state index >= 15 is 0 Å². The third-order valence-corrected chi connectivity index (χ3v) is 4.28. The number of nitrogens with one attached hydrogen (secondary N) is 2. The Bertz CT molecular complexity index is 894. The van der Waals surface area contributed by atoms with Gasteiger partial charge in [0, 0.05) is 17.5 Å². The summed E-state index contributed by atoms with van der Waals surface area (Å²) in [5.74, 6) is 0. The van der Waals surface area contributed by atoms with Crippen LogP contribution in [-0.2, 0) is 6.54 Å². The maximum atomic E-state index is 11.9. The number of aromatic nitrogens is 2. The van der Waals surface area contributed by atoms with Crippen molar-refractivity contribution in [3.05, 3.63) is 64.4 Å². The Hall–Kier alpha value is -2.21. The lowest BCUT2D eigenvalue weighted by molar-refractivity contribution is 0.606. The monoisotopic (exact) mass is 372 g/mol. The van der Waals surface area contributed by atoms with Gasteiger partial charge in [0.15, 0.2) is 0 Å². The Morgan fingerprint density at radius 2 is 1.81 bits per heavy atom. The molecule has 0 amide bonds. The van der Waals surface area contributed by atoms with Gasteiger partial charge in [0.25, 0.3) is 5.56 Å². The third-order valence-electron chi connectivity index (χ3n) is 4.28. The van der Waals surface area contributed by atoms with Crippen LogP contribution in [-0.4, -0.2) is 23.3 Å². The zero-order chi connectivity index (χ0) is 17.5. The first-order valence-corrected chi connectivity index (χ1v) is 8.77. The molecule has 4 N–H and O–H groups in total. The molecule has 2 aromatic carbocycles. The van der Waals surface area contributed by atoms with Crippen LogP contribution in [0.15, 0.2) is 53.3 Å². The largest absolute Gasteiger partial charge is 0.330 e. The Balaban J connectivity index is 0.00000243. The summed E-state index contributed by atoms with van der Waals surface area (Å²) in [4.78, 5) is 11.9. The second-order valence-corrected chi connectivity index (χ2v) is 6.17. The van der Waals surface area contributed by atoms with Crippen molar-refractivity contribution < 1.29 is 0 Å². The Morgan fingerprint density at radius 3 is 2.62 bits per heavy atom. The van der Waals surface area contributed by atoms with E-state index in [0.29, 0.717) is 5.39 Å². The number of benzene rings is 2. The summed E-state index contributed by atoms with van der Waals surface area (Å²) in [5, 5.41) is 11.9. The van der Waals surface area contributed by atoms with Gasteiger partial charge >= 0.3 is 0 Å². The minimum atomic E-state index is -0.158. The fourth-order valence-electron chi connectivity index (χ4n) is 2.97. The van der Waals surface area contributed by atoms with Crippen LogP contribution in [0.4, 0.5) is 0 Å². The van der Waals surface area contributed by atoms with Gasteiger partial charge in [-0.25, -0.2) is 5.10 Å².